The molecule has 0 saturated heterocycles. The normalized spacial score (nSPS) is 11.2. The van der Waals surface area contributed by atoms with Gasteiger partial charge in [0.05, 0.1) is 30.7 Å². The molecule has 0 aliphatic rings. The van der Waals surface area contributed by atoms with Gasteiger partial charge in [-0.15, -0.1) is 0 Å². The molecule has 0 spiro atoms. The molecule has 2 aromatic carbocycles. The summed E-state index contributed by atoms with van der Waals surface area (Å²) >= 11 is 0. The molecule has 2 rings (SSSR count). The highest BCUT2D eigenvalue weighted by Gasteiger charge is 2.11. The van der Waals surface area contributed by atoms with Crippen LogP contribution in [0.15, 0.2) is 48.5 Å². The molecule has 0 amide bonds. The summed E-state index contributed by atoms with van der Waals surface area (Å²) in [6.07, 6.45) is 0.645. The lowest BCUT2D eigenvalue weighted by Gasteiger charge is -2.10. The van der Waals surface area contributed by atoms with Gasteiger partial charge in [0, 0.05) is 0 Å². The molecule has 0 heterocycles. The summed E-state index contributed by atoms with van der Waals surface area (Å²) < 4.78 is 5.12. The van der Waals surface area contributed by atoms with E-state index in [0.717, 1.165) is 16.9 Å². The molecule has 98 valence electrons. The number of ether oxygens (including phenoxy) is 1. The highest BCUT2D eigenvalue weighted by atomic mass is 16.5. The first kappa shape index (κ1) is 13.6. The second-order valence-corrected chi connectivity index (χ2v) is 4.47. The number of nitriles is 2. The predicted molar refractivity (Wildman–Crippen MR) is 76.2 cm³/mol. The molecule has 0 aromatic heterocycles. The first-order valence-electron chi connectivity index (χ1n) is 6.29. The Bertz CT molecular complexity index is 645. The predicted octanol–water partition coefficient (Wildman–Crippen LogP) is 3.42. The molecule has 2 aromatic rings. The maximum Gasteiger partial charge on any atom is 0.118 e. The van der Waals surface area contributed by atoms with Crippen molar-refractivity contribution in [1.82, 2.24) is 0 Å². The molecule has 20 heavy (non-hydrogen) atoms. The fraction of sp³-hybridized carbons (Fsp3) is 0.176. The lowest BCUT2D eigenvalue weighted by Crippen LogP contribution is -2.00. The lowest BCUT2D eigenvalue weighted by molar-refractivity contribution is 0.414. The summed E-state index contributed by atoms with van der Waals surface area (Å²) in [6, 6.07) is 19.3. The van der Waals surface area contributed by atoms with Gasteiger partial charge in [0.1, 0.15) is 5.75 Å². The van der Waals surface area contributed by atoms with Gasteiger partial charge in [0.2, 0.25) is 0 Å². The summed E-state index contributed by atoms with van der Waals surface area (Å²) in [4.78, 5) is 0. The van der Waals surface area contributed by atoms with E-state index in [2.05, 4.69) is 12.1 Å². The van der Waals surface area contributed by atoms with Crippen LogP contribution in [0.2, 0.25) is 0 Å². The minimum atomic E-state index is -0.212. The smallest absolute Gasteiger partial charge is 0.118 e. The summed E-state index contributed by atoms with van der Waals surface area (Å²) in [7, 11) is 1.63. The van der Waals surface area contributed by atoms with Gasteiger partial charge >= 0.3 is 0 Å². The third-order valence-electron chi connectivity index (χ3n) is 3.20. The van der Waals surface area contributed by atoms with Crippen LogP contribution in [-0.4, -0.2) is 7.11 Å². The van der Waals surface area contributed by atoms with Crippen LogP contribution in [0.25, 0.3) is 0 Å². The third-order valence-corrected chi connectivity index (χ3v) is 3.20. The van der Waals surface area contributed by atoms with Crippen molar-refractivity contribution in [1.29, 1.82) is 10.5 Å². The minimum absolute atomic E-state index is 0.212. The first-order chi connectivity index (χ1) is 9.76. The number of nitrogens with zero attached hydrogens (tertiary/aromatic N) is 2. The van der Waals surface area contributed by atoms with E-state index < -0.39 is 0 Å². The highest BCUT2D eigenvalue weighted by Crippen LogP contribution is 2.22. The Labute approximate surface area is 118 Å². The molecule has 0 bridgehead atoms. The fourth-order valence-electron chi connectivity index (χ4n) is 2.03. The van der Waals surface area contributed by atoms with E-state index in [1.165, 1.54) is 0 Å². The molecule has 0 aliphatic carbocycles. The van der Waals surface area contributed by atoms with Crippen LogP contribution in [0, 0.1) is 22.7 Å². The fourth-order valence-corrected chi connectivity index (χ4v) is 2.03. The number of hydrogen-bond acceptors (Lipinski definition) is 3. The van der Waals surface area contributed by atoms with Crippen LogP contribution < -0.4 is 4.74 Å². The van der Waals surface area contributed by atoms with Gasteiger partial charge in [-0.3, -0.25) is 0 Å². The van der Waals surface area contributed by atoms with Crippen molar-refractivity contribution in [2.24, 2.45) is 0 Å². The van der Waals surface area contributed by atoms with E-state index >= 15 is 0 Å². The summed E-state index contributed by atoms with van der Waals surface area (Å²) in [5.41, 5.74) is 2.62. The van der Waals surface area contributed by atoms with E-state index in [1.54, 1.807) is 19.2 Å². The second-order valence-electron chi connectivity index (χ2n) is 4.47. The maximum atomic E-state index is 9.33. The maximum absolute atomic E-state index is 9.33. The van der Waals surface area contributed by atoms with Crippen molar-refractivity contribution in [3.8, 4) is 17.9 Å². The monoisotopic (exact) mass is 262 g/mol. The van der Waals surface area contributed by atoms with E-state index in [0.29, 0.717) is 12.0 Å². The summed E-state index contributed by atoms with van der Waals surface area (Å²) in [6.45, 7) is 0. The van der Waals surface area contributed by atoms with Gasteiger partial charge in [-0.25, -0.2) is 0 Å². The molecule has 3 heteroatoms. The van der Waals surface area contributed by atoms with Crippen LogP contribution in [0.4, 0.5) is 0 Å². The average Bonchev–Trinajstić information content (AvgIpc) is 2.53. The summed E-state index contributed by atoms with van der Waals surface area (Å²) in [5, 5.41) is 18.1. The number of rotatable bonds is 4. The van der Waals surface area contributed by atoms with E-state index in [-0.39, 0.29) is 5.92 Å². The molecule has 1 unspecified atom stereocenters. The molecule has 0 fully saturated rings. The van der Waals surface area contributed by atoms with Crippen LogP contribution in [-0.2, 0) is 6.42 Å². The zero-order valence-electron chi connectivity index (χ0n) is 11.2. The molecular formula is C17H14N2O. The lowest BCUT2D eigenvalue weighted by atomic mass is 9.93. The van der Waals surface area contributed by atoms with E-state index in [4.69, 9.17) is 10.00 Å². The standard InChI is InChI=1S/C17H14N2O/c1-20-17-8-4-13(5-9-17)10-16(12-19)15-6-2-14(11-18)3-7-15/h2-9,16H,10H2,1H3. The molecule has 0 aliphatic heterocycles. The van der Waals surface area contributed by atoms with Crippen molar-refractivity contribution in [3.05, 3.63) is 65.2 Å². The zero-order valence-corrected chi connectivity index (χ0v) is 11.2. The van der Waals surface area contributed by atoms with Gasteiger partial charge in [0.15, 0.2) is 0 Å². The zero-order chi connectivity index (χ0) is 14.4. The molecule has 0 N–H and O–H groups in total. The van der Waals surface area contributed by atoms with Crippen LogP contribution in [0.3, 0.4) is 0 Å². The summed E-state index contributed by atoms with van der Waals surface area (Å²) in [5.74, 6) is 0.594. The van der Waals surface area contributed by atoms with Crippen molar-refractivity contribution in [2.45, 2.75) is 12.3 Å². The van der Waals surface area contributed by atoms with Gasteiger partial charge in [-0.1, -0.05) is 24.3 Å². The van der Waals surface area contributed by atoms with Crippen molar-refractivity contribution in [2.75, 3.05) is 7.11 Å². The van der Waals surface area contributed by atoms with Crippen LogP contribution in [0.5, 0.6) is 5.75 Å². The number of methoxy groups -OCH3 is 1. The molecule has 0 saturated carbocycles. The minimum Gasteiger partial charge on any atom is -0.497 e. The average molecular weight is 262 g/mol. The molecule has 0 radical (unpaired) electrons. The quantitative estimate of drug-likeness (QED) is 0.848. The Morgan fingerprint density at radius 2 is 1.65 bits per heavy atom. The molecule has 1 atom stereocenters. The van der Waals surface area contributed by atoms with Crippen molar-refractivity contribution in [3.63, 3.8) is 0 Å². The van der Waals surface area contributed by atoms with Gasteiger partial charge in [0.25, 0.3) is 0 Å². The Morgan fingerprint density at radius 1 is 1.00 bits per heavy atom. The Morgan fingerprint density at radius 3 is 2.15 bits per heavy atom. The van der Waals surface area contributed by atoms with Crippen molar-refractivity contribution < 1.29 is 4.74 Å². The first-order valence-corrected chi connectivity index (χ1v) is 6.29. The van der Waals surface area contributed by atoms with E-state index in [1.807, 2.05) is 36.4 Å². The van der Waals surface area contributed by atoms with Gasteiger partial charge < -0.3 is 4.74 Å². The molecule has 3 nitrogen and oxygen atoms in total. The van der Waals surface area contributed by atoms with Gasteiger partial charge in [-0.2, -0.15) is 10.5 Å². The SMILES string of the molecule is COc1ccc(CC(C#N)c2ccc(C#N)cc2)cc1. The largest absolute Gasteiger partial charge is 0.497 e. The molecular weight excluding hydrogens is 248 g/mol. The topological polar surface area (TPSA) is 56.8 Å². The van der Waals surface area contributed by atoms with E-state index in [9.17, 15) is 5.26 Å². The Hall–Kier alpha value is -2.78. The highest BCUT2D eigenvalue weighted by molar-refractivity contribution is 5.36. The van der Waals surface area contributed by atoms with Crippen LogP contribution >= 0.6 is 0 Å². The Balaban J connectivity index is 2.15. The second kappa shape index (κ2) is 6.41. The van der Waals surface area contributed by atoms with Crippen molar-refractivity contribution >= 4 is 0 Å². The Kier molecular flexibility index (Phi) is 4.37. The van der Waals surface area contributed by atoms with Crippen LogP contribution in [0.1, 0.15) is 22.6 Å². The number of hydrogen-bond donors (Lipinski definition) is 0. The van der Waals surface area contributed by atoms with Gasteiger partial charge in [-0.05, 0) is 41.8 Å². The number of benzene rings is 2. The third kappa shape index (κ3) is 3.16.